The lowest BCUT2D eigenvalue weighted by molar-refractivity contribution is -0.123. The van der Waals surface area contributed by atoms with Crippen LogP contribution < -0.4 is 5.73 Å². The zero-order valence-electron chi connectivity index (χ0n) is 13.0. The summed E-state index contributed by atoms with van der Waals surface area (Å²) in [7, 11) is -7.75. The summed E-state index contributed by atoms with van der Waals surface area (Å²) in [6.07, 6.45) is 1.98. The molecule has 1 aromatic carbocycles. The van der Waals surface area contributed by atoms with E-state index in [1.54, 1.807) is 6.92 Å². The molecule has 1 aliphatic heterocycles. The second-order valence-corrected chi connectivity index (χ2v) is 9.66. The fourth-order valence-electron chi connectivity index (χ4n) is 2.74. The zero-order chi connectivity index (χ0) is 17.4. The van der Waals surface area contributed by atoms with E-state index in [0.717, 1.165) is 6.26 Å². The molecule has 1 fully saturated rings. The minimum absolute atomic E-state index is 0.0308. The van der Waals surface area contributed by atoms with Crippen molar-refractivity contribution in [2.24, 2.45) is 11.7 Å². The summed E-state index contributed by atoms with van der Waals surface area (Å²) >= 11 is 0. The molecule has 0 aliphatic carbocycles. The first-order valence-corrected chi connectivity index (χ1v) is 10.5. The van der Waals surface area contributed by atoms with Crippen LogP contribution in [0.25, 0.3) is 0 Å². The standard InChI is InChI=1S/C14H20N2O5S2/c1-10-7-8-11(14(15)17)9-16(10)23(20,21)13-6-4-3-5-12(13)22(2,18)19/h3-6,10-11H,7-9H2,1-2H3,(H2,15,17). The van der Waals surface area contributed by atoms with Gasteiger partial charge in [-0.05, 0) is 31.9 Å². The number of amides is 1. The van der Waals surface area contributed by atoms with Gasteiger partial charge in [0.1, 0.15) is 4.90 Å². The lowest BCUT2D eigenvalue weighted by Crippen LogP contribution is -2.48. The van der Waals surface area contributed by atoms with E-state index in [1.165, 1.54) is 28.6 Å². The predicted octanol–water partition coefficient (Wildman–Crippen LogP) is 0.365. The lowest BCUT2D eigenvalue weighted by atomic mass is 9.95. The Balaban J connectivity index is 2.52. The zero-order valence-corrected chi connectivity index (χ0v) is 14.6. The van der Waals surface area contributed by atoms with Crippen molar-refractivity contribution in [3.8, 4) is 0 Å². The minimum Gasteiger partial charge on any atom is -0.369 e. The number of piperidine rings is 1. The summed E-state index contributed by atoms with van der Waals surface area (Å²) in [5.41, 5.74) is 5.30. The molecule has 0 saturated carbocycles. The third-order valence-corrected chi connectivity index (χ3v) is 7.38. The normalized spacial score (nSPS) is 23.6. The van der Waals surface area contributed by atoms with Gasteiger partial charge in [-0.15, -0.1) is 0 Å². The second kappa shape index (κ2) is 6.21. The molecule has 7 nitrogen and oxygen atoms in total. The highest BCUT2D eigenvalue weighted by Gasteiger charge is 2.38. The van der Waals surface area contributed by atoms with Gasteiger partial charge in [0.2, 0.25) is 15.9 Å². The molecule has 2 N–H and O–H groups in total. The lowest BCUT2D eigenvalue weighted by Gasteiger charge is -2.36. The van der Waals surface area contributed by atoms with Gasteiger partial charge in [-0.2, -0.15) is 4.31 Å². The molecular weight excluding hydrogens is 340 g/mol. The Labute approximate surface area is 136 Å². The maximum absolute atomic E-state index is 12.9. The summed E-state index contributed by atoms with van der Waals surface area (Å²) in [6, 6.07) is 5.15. The molecule has 9 heteroatoms. The van der Waals surface area contributed by atoms with Gasteiger partial charge >= 0.3 is 0 Å². The third kappa shape index (κ3) is 3.56. The minimum atomic E-state index is -4.05. The highest BCUT2D eigenvalue weighted by Crippen LogP contribution is 2.30. The average Bonchev–Trinajstić information content (AvgIpc) is 2.46. The second-order valence-electron chi connectivity index (χ2n) is 5.82. The third-order valence-electron chi connectivity index (χ3n) is 4.06. The van der Waals surface area contributed by atoms with Gasteiger partial charge in [0, 0.05) is 18.8 Å². The first-order chi connectivity index (χ1) is 10.5. The first-order valence-electron chi connectivity index (χ1n) is 7.15. The molecule has 2 unspecified atom stereocenters. The van der Waals surface area contributed by atoms with Crippen LogP contribution >= 0.6 is 0 Å². The van der Waals surface area contributed by atoms with Gasteiger partial charge in [0.05, 0.1) is 10.8 Å². The molecular formula is C14H20N2O5S2. The Morgan fingerprint density at radius 1 is 1.13 bits per heavy atom. The van der Waals surface area contributed by atoms with Gasteiger partial charge in [0.15, 0.2) is 9.84 Å². The van der Waals surface area contributed by atoms with Gasteiger partial charge < -0.3 is 5.73 Å². The van der Waals surface area contributed by atoms with Gasteiger partial charge in [-0.3, -0.25) is 4.79 Å². The number of carbonyl (C=O) groups is 1. The Bertz CT molecular complexity index is 817. The van der Waals surface area contributed by atoms with Crippen LogP contribution in [0.15, 0.2) is 34.1 Å². The van der Waals surface area contributed by atoms with Gasteiger partial charge in [-0.25, -0.2) is 16.8 Å². The molecule has 128 valence electrons. The molecule has 1 aliphatic rings. The highest BCUT2D eigenvalue weighted by atomic mass is 32.2. The number of hydrogen-bond donors (Lipinski definition) is 1. The van der Waals surface area contributed by atoms with Gasteiger partial charge in [0.25, 0.3) is 0 Å². The van der Waals surface area contributed by atoms with E-state index < -0.39 is 31.7 Å². The maximum Gasteiger partial charge on any atom is 0.244 e. The van der Waals surface area contributed by atoms with Crippen LogP contribution in [0, 0.1) is 5.92 Å². The number of nitrogens with zero attached hydrogens (tertiary/aromatic N) is 1. The smallest absolute Gasteiger partial charge is 0.244 e. The van der Waals surface area contributed by atoms with E-state index in [-0.39, 0.29) is 22.4 Å². The summed E-state index contributed by atoms with van der Waals surface area (Å²) in [4.78, 5) is 10.9. The van der Waals surface area contributed by atoms with E-state index >= 15 is 0 Å². The van der Waals surface area contributed by atoms with Crippen molar-refractivity contribution in [2.75, 3.05) is 12.8 Å². The molecule has 0 radical (unpaired) electrons. The molecule has 1 amide bonds. The van der Waals surface area contributed by atoms with Crippen LogP contribution in [0.3, 0.4) is 0 Å². The first kappa shape index (κ1) is 17.9. The molecule has 0 spiro atoms. The summed E-state index contributed by atoms with van der Waals surface area (Å²) in [5, 5.41) is 0. The molecule has 0 aromatic heterocycles. The van der Waals surface area contributed by atoms with Gasteiger partial charge in [-0.1, -0.05) is 12.1 Å². The summed E-state index contributed by atoms with van der Waals surface area (Å²) < 4.78 is 50.8. The van der Waals surface area contributed by atoms with Crippen molar-refractivity contribution in [2.45, 2.75) is 35.6 Å². The SMILES string of the molecule is CC1CCC(C(N)=O)CN1S(=O)(=O)c1ccccc1S(C)(=O)=O. The largest absolute Gasteiger partial charge is 0.369 e. The van der Waals surface area contributed by atoms with Crippen molar-refractivity contribution in [3.05, 3.63) is 24.3 Å². The fraction of sp³-hybridized carbons (Fsp3) is 0.500. The fourth-order valence-corrected chi connectivity index (χ4v) is 6.05. The molecule has 1 aromatic rings. The van der Waals surface area contributed by atoms with Crippen molar-refractivity contribution in [1.82, 2.24) is 4.31 Å². The number of nitrogens with two attached hydrogens (primary N) is 1. The number of hydrogen-bond acceptors (Lipinski definition) is 5. The van der Waals surface area contributed by atoms with E-state index in [2.05, 4.69) is 0 Å². The Hall–Kier alpha value is -1.45. The average molecular weight is 360 g/mol. The topological polar surface area (TPSA) is 115 Å². The molecule has 2 atom stereocenters. The number of rotatable bonds is 4. The molecule has 1 saturated heterocycles. The van der Waals surface area contributed by atoms with E-state index in [0.29, 0.717) is 12.8 Å². The van der Waals surface area contributed by atoms with Crippen LogP contribution in [0.5, 0.6) is 0 Å². The number of carbonyl (C=O) groups excluding carboxylic acids is 1. The van der Waals surface area contributed by atoms with Crippen molar-refractivity contribution in [1.29, 1.82) is 0 Å². The highest BCUT2D eigenvalue weighted by molar-refractivity contribution is 7.93. The Morgan fingerprint density at radius 2 is 1.70 bits per heavy atom. The van der Waals surface area contributed by atoms with Crippen LogP contribution in [-0.4, -0.2) is 45.9 Å². The quantitative estimate of drug-likeness (QED) is 0.833. The molecule has 0 bridgehead atoms. The monoisotopic (exact) mass is 360 g/mol. The number of sulfone groups is 1. The van der Waals surface area contributed by atoms with E-state index in [4.69, 9.17) is 5.73 Å². The van der Waals surface area contributed by atoms with E-state index in [9.17, 15) is 21.6 Å². The van der Waals surface area contributed by atoms with Crippen molar-refractivity contribution >= 4 is 25.8 Å². The molecule has 23 heavy (non-hydrogen) atoms. The number of primary amides is 1. The van der Waals surface area contributed by atoms with Crippen LogP contribution in [-0.2, 0) is 24.7 Å². The summed E-state index contributed by atoms with van der Waals surface area (Å²) in [6.45, 7) is 1.70. The van der Waals surface area contributed by atoms with Crippen LogP contribution in [0.2, 0.25) is 0 Å². The van der Waals surface area contributed by atoms with Crippen molar-refractivity contribution in [3.63, 3.8) is 0 Å². The van der Waals surface area contributed by atoms with Crippen molar-refractivity contribution < 1.29 is 21.6 Å². The molecule has 2 rings (SSSR count). The van der Waals surface area contributed by atoms with Crippen LogP contribution in [0.4, 0.5) is 0 Å². The summed E-state index contributed by atoms with van der Waals surface area (Å²) in [5.74, 6) is -1.11. The maximum atomic E-state index is 12.9. The number of benzene rings is 1. The Morgan fingerprint density at radius 3 is 2.22 bits per heavy atom. The molecule has 1 heterocycles. The predicted molar refractivity (Wildman–Crippen MR) is 84.8 cm³/mol. The van der Waals surface area contributed by atoms with Crippen LogP contribution in [0.1, 0.15) is 19.8 Å². The number of sulfonamides is 1. The van der Waals surface area contributed by atoms with E-state index in [1.807, 2.05) is 0 Å². The Kier molecular flexibility index (Phi) is 4.84.